The number of rotatable bonds is 7. The van der Waals surface area contributed by atoms with Crippen LogP contribution in [0.4, 0.5) is 4.39 Å². The van der Waals surface area contributed by atoms with Crippen molar-refractivity contribution >= 4 is 5.91 Å². The molecule has 1 aromatic heterocycles. The zero-order valence-electron chi connectivity index (χ0n) is 14.3. The maximum absolute atomic E-state index is 12.9. The number of aromatic nitrogens is 2. The van der Waals surface area contributed by atoms with Gasteiger partial charge in [-0.05, 0) is 37.5 Å². The van der Waals surface area contributed by atoms with Crippen LogP contribution in [0.2, 0.25) is 0 Å². The Kier molecular flexibility index (Phi) is 6.09. The molecule has 0 saturated carbocycles. The largest absolute Gasteiger partial charge is 0.387 e. The maximum atomic E-state index is 12.9. The van der Waals surface area contributed by atoms with Crippen molar-refractivity contribution in [1.29, 1.82) is 0 Å². The van der Waals surface area contributed by atoms with Gasteiger partial charge < -0.3 is 10.4 Å². The van der Waals surface area contributed by atoms with Crippen LogP contribution in [0.25, 0.3) is 0 Å². The molecule has 0 bridgehead atoms. The number of nitrogens with one attached hydrogen (secondary N) is 1. The van der Waals surface area contributed by atoms with Gasteiger partial charge in [0.1, 0.15) is 5.82 Å². The molecule has 0 aliphatic carbocycles. The summed E-state index contributed by atoms with van der Waals surface area (Å²) in [6.07, 6.45) is 2.57. The molecule has 1 aromatic carbocycles. The molecule has 24 heavy (non-hydrogen) atoms. The lowest BCUT2D eigenvalue weighted by atomic mass is 10.1. The van der Waals surface area contributed by atoms with Gasteiger partial charge in [-0.25, -0.2) is 4.39 Å². The van der Waals surface area contributed by atoms with E-state index >= 15 is 0 Å². The molecule has 1 unspecified atom stereocenters. The van der Waals surface area contributed by atoms with E-state index in [0.29, 0.717) is 11.1 Å². The van der Waals surface area contributed by atoms with E-state index in [2.05, 4.69) is 24.3 Å². The summed E-state index contributed by atoms with van der Waals surface area (Å²) in [6, 6.07) is 5.84. The van der Waals surface area contributed by atoms with Crippen molar-refractivity contribution < 1.29 is 14.3 Å². The molecule has 6 heteroatoms. The van der Waals surface area contributed by atoms with E-state index in [0.717, 1.165) is 18.5 Å². The molecule has 0 aliphatic rings. The third kappa shape index (κ3) is 4.00. The summed E-state index contributed by atoms with van der Waals surface area (Å²) in [6.45, 7) is 6.11. The number of carbonyl (C=O) groups excluding carboxylic acids is 1. The lowest BCUT2D eigenvalue weighted by Gasteiger charge is -2.16. The van der Waals surface area contributed by atoms with E-state index in [1.807, 2.05) is 11.6 Å². The summed E-state index contributed by atoms with van der Waals surface area (Å²) < 4.78 is 14.8. The van der Waals surface area contributed by atoms with Crippen LogP contribution in [0.1, 0.15) is 60.5 Å². The van der Waals surface area contributed by atoms with Crippen LogP contribution in [0.5, 0.6) is 0 Å². The van der Waals surface area contributed by atoms with Gasteiger partial charge in [-0.2, -0.15) is 5.10 Å². The number of halogens is 1. The average Bonchev–Trinajstić information content (AvgIpc) is 2.96. The first-order valence-corrected chi connectivity index (χ1v) is 8.23. The Bertz CT molecular complexity index is 678. The predicted molar refractivity (Wildman–Crippen MR) is 90.3 cm³/mol. The number of aliphatic hydroxyl groups is 1. The monoisotopic (exact) mass is 333 g/mol. The third-order valence-electron chi connectivity index (χ3n) is 4.29. The average molecular weight is 333 g/mol. The van der Waals surface area contributed by atoms with Crippen molar-refractivity contribution in [3.8, 4) is 0 Å². The van der Waals surface area contributed by atoms with Crippen molar-refractivity contribution in [3.63, 3.8) is 0 Å². The summed E-state index contributed by atoms with van der Waals surface area (Å²) in [5.41, 5.74) is 1.88. The quantitative estimate of drug-likeness (QED) is 0.818. The minimum absolute atomic E-state index is 0.0556. The number of benzene rings is 1. The van der Waals surface area contributed by atoms with Gasteiger partial charge in [-0.1, -0.05) is 26.0 Å². The minimum Gasteiger partial charge on any atom is -0.387 e. The van der Waals surface area contributed by atoms with Gasteiger partial charge in [-0.15, -0.1) is 0 Å². The molecule has 1 heterocycles. The SMILES string of the molecule is CCC(CC)n1ncc(C(=O)NCC(O)c2ccc(F)cc2)c1C. The molecule has 5 nitrogen and oxygen atoms in total. The first kappa shape index (κ1) is 18.1. The molecular weight excluding hydrogens is 309 g/mol. The summed E-state index contributed by atoms with van der Waals surface area (Å²) in [5.74, 6) is -0.634. The Hall–Kier alpha value is -2.21. The zero-order chi connectivity index (χ0) is 17.7. The maximum Gasteiger partial charge on any atom is 0.254 e. The fourth-order valence-electron chi connectivity index (χ4n) is 2.74. The standard InChI is InChI=1S/C18H24FN3O2/c1-4-15(5-2)22-12(3)16(10-21-22)18(24)20-11-17(23)13-6-8-14(19)9-7-13/h6-10,15,17,23H,4-5,11H2,1-3H3,(H,20,24). The van der Waals surface area contributed by atoms with E-state index < -0.39 is 6.10 Å². The summed E-state index contributed by atoms with van der Waals surface area (Å²) in [5, 5.41) is 17.1. The fraction of sp³-hybridized carbons (Fsp3) is 0.444. The molecule has 0 aliphatic heterocycles. The lowest BCUT2D eigenvalue weighted by Crippen LogP contribution is -2.28. The number of amides is 1. The zero-order valence-corrected chi connectivity index (χ0v) is 14.3. The van der Waals surface area contributed by atoms with Gasteiger partial charge in [0.15, 0.2) is 0 Å². The Labute approximate surface area is 141 Å². The van der Waals surface area contributed by atoms with Crippen LogP contribution in [0.3, 0.4) is 0 Å². The molecule has 1 amide bonds. The normalized spacial score (nSPS) is 12.4. The van der Waals surface area contributed by atoms with Gasteiger partial charge in [0.2, 0.25) is 0 Å². The first-order chi connectivity index (χ1) is 11.5. The van der Waals surface area contributed by atoms with Crippen molar-refractivity contribution in [2.24, 2.45) is 0 Å². The van der Waals surface area contributed by atoms with E-state index in [1.54, 1.807) is 6.20 Å². The highest BCUT2D eigenvalue weighted by atomic mass is 19.1. The lowest BCUT2D eigenvalue weighted by molar-refractivity contribution is 0.0915. The molecule has 2 aromatic rings. The van der Waals surface area contributed by atoms with Crippen molar-refractivity contribution in [3.05, 3.63) is 53.1 Å². The van der Waals surface area contributed by atoms with Crippen molar-refractivity contribution in [1.82, 2.24) is 15.1 Å². The number of carbonyl (C=O) groups is 1. The van der Waals surface area contributed by atoms with Gasteiger partial charge in [-0.3, -0.25) is 9.48 Å². The van der Waals surface area contributed by atoms with Crippen LogP contribution in [-0.4, -0.2) is 27.3 Å². The highest BCUT2D eigenvalue weighted by Crippen LogP contribution is 2.19. The van der Waals surface area contributed by atoms with E-state index in [1.165, 1.54) is 24.3 Å². The molecule has 0 fully saturated rings. The first-order valence-electron chi connectivity index (χ1n) is 8.23. The van der Waals surface area contributed by atoms with Crippen LogP contribution in [0.15, 0.2) is 30.5 Å². The summed E-state index contributed by atoms with van der Waals surface area (Å²) >= 11 is 0. The number of nitrogens with zero attached hydrogens (tertiary/aromatic N) is 2. The topological polar surface area (TPSA) is 67.2 Å². The second-order valence-electron chi connectivity index (χ2n) is 5.84. The number of hydrogen-bond donors (Lipinski definition) is 2. The molecule has 0 spiro atoms. The van der Waals surface area contributed by atoms with E-state index in [4.69, 9.17) is 0 Å². The van der Waals surface area contributed by atoms with Crippen LogP contribution in [-0.2, 0) is 0 Å². The van der Waals surface area contributed by atoms with Crippen LogP contribution < -0.4 is 5.32 Å². The van der Waals surface area contributed by atoms with Crippen molar-refractivity contribution in [2.75, 3.05) is 6.54 Å². The smallest absolute Gasteiger partial charge is 0.254 e. The predicted octanol–water partition coefficient (Wildman–Crippen LogP) is 3.16. The Morgan fingerprint density at radius 2 is 1.92 bits per heavy atom. The van der Waals surface area contributed by atoms with Gasteiger partial charge in [0.05, 0.1) is 23.9 Å². The Balaban J connectivity index is 2.01. The van der Waals surface area contributed by atoms with Gasteiger partial charge in [0, 0.05) is 12.2 Å². The van der Waals surface area contributed by atoms with E-state index in [9.17, 15) is 14.3 Å². The van der Waals surface area contributed by atoms with Crippen LogP contribution in [0, 0.1) is 12.7 Å². The van der Waals surface area contributed by atoms with Gasteiger partial charge in [0.25, 0.3) is 5.91 Å². The Morgan fingerprint density at radius 3 is 2.50 bits per heavy atom. The molecule has 130 valence electrons. The molecule has 0 radical (unpaired) electrons. The van der Waals surface area contributed by atoms with E-state index in [-0.39, 0.29) is 24.3 Å². The minimum atomic E-state index is -0.885. The third-order valence-corrected chi connectivity index (χ3v) is 4.29. The van der Waals surface area contributed by atoms with Crippen molar-refractivity contribution in [2.45, 2.75) is 45.8 Å². The summed E-state index contributed by atoms with van der Waals surface area (Å²) in [7, 11) is 0. The highest BCUT2D eigenvalue weighted by molar-refractivity contribution is 5.95. The molecule has 2 rings (SSSR count). The highest BCUT2D eigenvalue weighted by Gasteiger charge is 2.18. The number of hydrogen-bond acceptors (Lipinski definition) is 3. The molecule has 1 atom stereocenters. The molecule has 0 saturated heterocycles. The second-order valence-corrected chi connectivity index (χ2v) is 5.84. The summed E-state index contributed by atoms with van der Waals surface area (Å²) in [4.78, 5) is 12.3. The van der Waals surface area contributed by atoms with Crippen LogP contribution >= 0.6 is 0 Å². The fourth-order valence-corrected chi connectivity index (χ4v) is 2.74. The van der Waals surface area contributed by atoms with Gasteiger partial charge >= 0.3 is 0 Å². The molecular formula is C18H24FN3O2. The molecule has 2 N–H and O–H groups in total. The Morgan fingerprint density at radius 1 is 1.29 bits per heavy atom. The second kappa shape index (κ2) is 8.06. The number of aliphatic hydroxyl groups excluding tert-OH is 1.